The van der Waals surface area contributed by atoms with Gasteiger partial charge in [-0.05, 0) is 12.8 Å². The minimum absolute atomic E-state index is 0.351. The topological polar surface area (TPSA) is 55.4 Å². The summed E-state index contributed by atoms with van der Waals surface area (Å²) in [4.78, 5) is 22.4. The molecular weight excluding hydrogens is 218 g/mol. The van der Waals surface area contributed by atoms with E-state index < -0.39 is 11.9 Å². The molecule has 0 saturated carbocycles. The second-order valence-corrected chi connectivity index (χ2v) is 4.16. The van der Waals surface area contributed by atoms with Crippen molar-refractivity contribution in [2.45, 2.75) is 58.8 Å². The number of esters is 1. The molecule has 17 heavy (non-hydrogen) atoms. The molecule has 0 bridgehead atoms. The Kier molecular flexibility index (Phi) is 10.7. The zero-order chi connectivity index (χ0) is 12.9. The van der Waals surface area contributed by atoms with Gasteiger partial charge in [0.25, 0.3) is 0 Å². The van der Waals surface area contributed by atoms with E-state index in [2.05, 4.69) is 12.2 Å². The Bertz CT molecular complexity index is 217. The third-order valence-corrected chi connectivity index (χ3v) is 2.48. The van der Waals surface area contributed by atoms with E-state index in [4.69, 9.17) is 4.74 Å². The van der Waals surface area contributed by atoms with Crippen molar-refractivity contribution in [3.05, 3.63) is 0 Å². The third kappa shape index (κ3) is 9.85. The zero-order valence-corrected chi connectivity index (χ0v) is 11.1. The van der Waals surface area contributed by atoms with Crippen LogP contribution in [0.15, 0.2) is 0 Å². The average molecular weight is 243 g/mol. The summed E-state index contributed by atoms with van der Waals surface area (Å²) in [5, 5.41) is 2.53. The number of unbranched alkanes of at least 4 members (excludes halogenated alkanes) is 5. The number of hydrogen-bond donors (Lipinski definition) is 1. The molecule has 0 radical (unpaired) electrons. The molecule has 0 aliphatic rings. The summed E-state index contributed by atoms with van der Waals surface area (Å²) in [6.45, 7) is 5.08. The van der Waals surface area contributed by atoms with Crippen molar-refractivity contribution in [3.8, 4) is 0 Å². The Hall–Kier alpha value is -1.06. The maximum atomic E-state index is 11.2. The van der Waals surface area contributed by atoms with Crippen LogP contribution in [0.2, 0.25) is 0 Å². The minimum Gasteiger partial charge on any atom is -0.459 e. The predicted molar refractivity (Wildman–Crippen MR) is 67.6 cm³/mol. The number of carbonyl (C=O) groups excluding carboxylic acids is 2. The van der Waals surface area contributed by atoms with Crippen LogP contribution in [0.1, 0.15) is 58.8 Å². The van der Waals surface area contributed by atoms with Gasteiger partial charge in [0.2, 0.25) is 0 Å². The van der Waals surface area contributed by atoms with Gasteiger partial charge in [-0.15, -0.1) is 0 Å². The van der Waals surface area contributed by atoms with Crippen LogP contribution in [0.25, 0.3) is 0 Å². The average Bonchev–Trinajstić information content (AvgIpc) is 2.33. The highest BCUT2D eigenvalue weighted by Crippen LogP contribution is 2.02. The lowest BCUT2D eigenvalue weighted by molar-refractivity contribution is -0.155. The van der Waals surface area contributed by atoms with E-state index in [1.807, 2.05) is 6.92 Å². The fourth-order valence-corrected chi connectivity index (χ4v) is 1.39. The van der Waals surface area contributed by atoms with E-state index in [-0.39, 0.29) is 0 Å². The first-order valence-corrected chi connectivity index (χ1v) is 6.67. The van der Waals surface area contributed by atoms with Crippen LogP contribution in [0, 0.1) is 0 Å². The molecular formula is C13H25NO3. The van der Waals surface area contributed by atoms with E-state index in [9.17, 15) is 9.59 Å². The highest BCUT2D eigenvalue weighted by atomic mass is 16.5. The van der Waals surface area contributed by atoms with Crippen molar-refractivity contribution in [2.75, 3.05) is 13.2 Å². The van der Waals surface area contributed by atoms with Gasteiger partial charge in [0, 0.05) is 6.54 Å². The van der Waals surface area contributed by atoms with Gasteiger partial charge in [0.15, 0.2) is 0 Å². The van der Waals surface area contributed by atoms with Crippen LogP contribution >= 0.6 is 0 Å². The molecule has 100 valence electrons. The van der Waals surface area contributed by atoms with Crippen LogP contribution in [0.4, 0.5) is 0 Å². The standard InChI is InChI=1S/C13H25NO3/c1-3-5-7-8-9-11-17-13(16)12(15)14-10-6-4-2/h3-11H2,1-2H3,(H,14,15). The first kappa shape index (κ1) is 15.9. The van der Waals surface area contributed by atoms with Crippen molar-refractivity contribution in [2.24, 2.45) is 0 Å². The molecule has 0 aliphatic heterocycles. The van der Waals surface area contributed by atoms with Crippen molar-refractivity contribution in [1.29, 1.82) is 0 Å². The third-order valence-electron chi connectivity index (χ3n) is 2.48. The first-order valence-electron chi connectivity index (χ1n) is 6.67. The van der Waals surface area contributed by atoms with Gasteiger partial charge in [0.1, 0.15) is 0 Å². The van der Waals surface area contributed by atoms with Crippen LogP contribution in [-0.4, -0.2) is 25.0 Å². The summed E-state index contributed by atoms with van der Waals surface area (Å²) in [6, 6.07) is 0. The van der Waals surface area contributed by atoms with E-state index in [1.165, 1.54) is 12.8 Å². The van der Waals surface area contributed by atoms with Crippen LogP contribution in [0.5, 0.6) is 0 Å². The van der Waals surface area contributed by atoms with E-state index in [0.717, 1.165) is 32.1 Å². The van der Waals surface area contributed by atoms with E-state index >= 15 is 0 Å². The second-order valence-electron chi connectivity index (χ2n) is 4.16. The number of hydrogen-bond acceptors (Lipinski definition) is 3. The molecule has 0 aromatic rings. The van der Waals surface area contributed by atoms with Gasteiger partial charge in [-0.1, -0.05) is 46.0 Å². The smallest absolute Gasteiger partial charge is 0.396 e. The Morgan fingerprint density at radius 3 is 2.24 bits per heavy atom. The van der Waals surface area contributed by atoms with Crippen molar-refractivity contribution < 1.29 is 14.3 Å². The number of ether oxygens (including phenoxy) is 1. The predicted octanol–water partition coefficient (Wildman–Crippen LogP) is 2.42. The van der Waals surface area contributed by atoms with Gasteiger partial charge in [-0.3, -0.25) is 4.79 Å². The molecule has 1 N–H and O–H groups in total. The molecule has 1 amide bonds. The number of nitrogens with one attached hydrogen (secondary N) is 1. The molecule has 0 heterocycles. The SMILES string of the molecule is CCCCCCCOC(=O)C(=O)NCCCC. The number of rotatable bonds is 9. The second kappa shape index (κ2) is 11.4. The highest BCUT2D eigenvalue weighted by molar-refractivity contribution is 6.32. The maximum absolute atomic E-state index is 11.2. The molecule has 0 fully saturated rings. The zero-order valence-electron chi connectivity index (χ0n) is 11.1. The molecule has 0 spiro atoms. The molecule has 0 unspecified atom stereocenters. The quantitative estimate of drug-likeness (QED) is 0.384. The summed E-state index contributed by atoms with van der Waals surface area (Å²) in [7, 11) is 0. The van der Waals surface area contributed by atoms with Gasteiger partial charge < -0.3 is 10.1 Å². The largest absolute Gasteiger partial charge is 0.459 e. The monoisotopic (exact) mass is 243 g/mol. The first-order chi connectivity index (χ1) is 8.22. The Labute approximate surface area is 104 Å². The highest BCUT2D eigenvalue weighted by Gasteiger charge is 2.13. The number of carbonyl (C=O) groups is 2. The van der Waals surface area contributed by atoms with Gasteiger partial charge in [-0.2, -0.15) is 0 Å². The van der Waals surface area contributed by atoms with Gasteiger partial charge in [-0.25, -0.2) is 4.79 Å². The fourth-order valence-electron chi connectivity index (χ4n) is 1.39. The van der Waals surface area contributed by atoms with Gasteiger partial charge in [0.05, 0.1) is 6.61 Å². The Morgan fingerprint density at radius 1 is 0.941 bits per heavy atom. The Morgan fingerprint density at radius 2 is 1.59 bits per heavy atom. The minimum atomic E-state index is -0.753. The lowest BCUT2D eigenvalue weighted by Gasteiger charge is -2.05. The van der Waals surface area contributed by atoms with Crippen LogP contribution < -0.4 is 5.32 Å². The van der Waals surface area contributed by atoms with Gasteiger partial charge >= 0.3 is 11.9 Å². The maximum Gasteiger partial charge on any atom is 0.396 e. The van der Waals surface area contributed by atoms with Crippen molar-refractivity contribution in [1.82, 2.24) is 5.32 Å². The molecule has 0 aromatic carbocycles. The van der Waals surface area contributed by atoms with E-state index in [0.29, 0.717) is 13.2 Å². The molecule has 0 aromatic heterocycles. The molecule has 4 heteroatoms. The lowest BCUT2D eigenvalue weighted by Crippen LogP contribution is -2.33. The fraction of sp³-hybridized carbons (Fsp3) is 0.846. The lowest BCUT2D eigenvalue weighted by atomic mass is 10.2. The molecule has 0 aliphatic carbocycles. The summed E-state index contributed by atoms with van der Waals surface area (Å²) >= 11 is 0. The van der Waals surface area contributed by atoms with Crippen LogP contribution in [0.3, 0.4) is 0 Å². The van der Waals surface area contributed by atoms with E-state index in [1.54, 1.807) is 0 Å². The van der Waals surface area contributed by atoms with Crippen molar-refractivity contribution in [3.63, 3.8) is 0 Å². The molecule has 0 rings (SSSR count). The van der Waals surface area contributed by atoms with Crippen molar-refractivity contribution >= 4 is 11.9 Å². The summed E-state index contributed by atoms with van der Waals surface area (Å²) < 4.78 is 4.86. The Balaban J connectivity index is 3.41. The molecule has 0 atom stereocenters. The number of amides is 1. The normalized spacial score (nSPS) is 10.0. The molecule has 0 saturated heterocycles. The molecule has 4 nitrogen and oxygen atoms in total. The summed E-state index contributed by atoms with van der Waals surface area (Å²) in [6.07, 6.45) is 7.34. The summed E-state index contributed by atoms with van der Waals surface area (Å²) in [5.74, 6) is -1.37. The summed E-state index contributed by atoms with van der Waals surface area (Å²) in [5.41, 5.74) is 0. The van der Waals surface area contributed by atoms with Crippen LogP contribution in [-0.2, 0) is 14.3 Å².